The summed E-state index contributed by atoms with van der Waals surface area (Å²) in [7, 11) is 1.18. The van der Waals surface area contributed by atoms with Crippen LogP contribution in [0.1, 0.15) is 12.8 Å². The summed E-state index contributed by atoms with van der Waals surface area (Å²) >= 11 is 0. The fraction of sp³-hybridized carbons (Fsp3) is 0.444. The summed E-state index contributed by atoms with van der Waals surface area (Å²) in [4.78, 5) is 21.5. The Morgan fingerprint density at radius 1 is 1.71 bits per heavy atom. The van der Waals surface area contributed by atoms with Gasteiger partial charge in [-0.3, -0.25) is 4.79 Å². The number of hydrogen-bond donors (Lipinski definition) is 2. The Morgan fingerprint density at radius 2 is 2.29 bits per heavy atom. The second-order valence-corrected chi connectivity index (χ2v) is 2.77. The third kappa shape index (κ3) is 3.43. The van der Waals surface area contributed by atoms with Crippen LogP contribution in [-0.2, 0) is 14.3 Å². The largest absolute Gasteiger partial charge is 0.481 e. The number of hydrogen-bond acceptors (Lipinski definition) is 4. The van der Waals surface area contributed by atoms with Gasteiger partial charge in [-0.25, -0.2) is 4.79 Å². The predicted octanol–water partition coefficient (Wildman–Crippen LogP) is 0.0628. The van der Waals surface area contributed by atoms with Gasteiger partial charge in [0.15, 0.2) is 0 Å². The van der Waals surface area contributed by atoms with Crippen molar-refractivity contribution in [2.75, 3.05) is 7.11 Å². The summed E-state index contributed by atoms with van der Waals surface area (Å²) in [6.45, 7) is 3.27. The number of aliphatic carboxylic acids is 1. The van der Waals surface area contributed by atoms with Crippen LogP contribution in [0.2, 0.25) is 0 Å². The minimum atomic E-state index is -1.45. The zero-order valence-corrected chi connectivity index (χ0v) is 7.95. The quantitative estimate of drug-likeness (QED) is 0.482. The lowest BCUT2D eigenvalue weighted by atomic mass is 9.94. The molecule has 0 heterocycles. The molecule has 0 saturated heterocycles. The first-order valence-electron chi connectivity index (χ1n) is 3.92. The van der Waals surface area contributed by atoms with Gasteiger partial charge in [0.2, 0.25) is 0 Å². The molecule has 5 heteroatoms. The molecule has 5 nitrogen and oxygen atoms in total. The van der Waals surface area contributed by atoms with Crippen LogP contribution < -0.4 is 5.73 Å². The van der Waals surface area contributed by atoms with Crippen molar-refractivity contribution in [3.63, 3.8) is 0 Å². The third-order valence-corrected chi connectivity index (χ3v) is 1.68. The molecule has 0 amide bonds. The fourth-order valence-corrected chi connectivity index (χ4v) is 0.919. The average molecular weight is 199 g/mol. The molecule has 3 N–H and O–H groups in total. The zero-order chi connectivity index (χ0) is 11.2. The summed E-state index contributed by atoms with van der Waals surface area (Å²) in [6.07, 6.45) is 0.947. The summed E-state index contributed by atoms with van der Waals surface area (Å²) < 4.78 is 4.44. The van der Waals surface area contributed by atoms with Gasteiger partial charge in [0.25, 0.3) is 0 Å². The first kappa shape index (κ1) is 12.4. The molecule has 0 bridgehead atoms. The summed E-state index contributed by atoms with van der Waals surface area (Å²) in [5.74, 6) is -1.73. The van der Waals surface area contributed by atoms with E-state index in [-0.39, 0.29) is 12.8 Å². The van der Waals surface area contributed by atoms with Crippen molar-refractivity contribution in [2.24, 2.45) is 5.73 Å². The molecule has 0 aliphatic rings. The zero-order valence-electron chi connectivity index (χ0n) is 7.95. The van der Waals surface area contributed by atoms with E-state index in [1.54, 1.807) is 0 Å². The highest BCUT2D eigenvalue weighted by Gasteiger charge is 2.32. The van der Waals surface area contributed by atoms with E-state index >= 15 is 0 Å². The van der Waals surface area contributed by atoms with Crippen LogP contribution in [0.5, 0.6) is 0 Å². The summed E-state index contributed by atoms with van der Waals surface area (Å²) in [6, 6.07) is 0. The molecule has 0 aliphatic carbocycles. The number of carboxylic acid groups (broad SMARTS) is 1. The Morgan fingerprint density at radius 3 is 2.64 bits per heavy atom. The normalized spacial score (nSPS) is 13.6. The molecular formula is C9H13NO4. The molecule has 0 aromatic rings. The van der Waals surface area contributed by atoms with Crippen LogP contribution in [-0.4, -0.2) is 29.7 Å². The van der Waals surface area contributed by atoms with Gasteiger partial charge in [0.1, 0.15) is 5.54 Å². The minimum absolute atomic E-state index is 0.0441. The molecule has 0 aromatic heterocycles. The van der Waals surface area contributed by atoms with Gasteiger partial charge in [-0.2, -0.15) is 0 Å². The predicted molar refractivity (Wildman–Crippen MR) is 49.5 cm³/mol. The van der Waals surface area contributed by atoms with Crippen LogP contribution >= 0.6 is 0 Å². The monoisotopic (exact) mass is 199 g/mol. The number of carboxylic acids is 1. The number of carbonyl (C=O) groups is 2. The average Bonchev–Trinajstić information content (AvgIpc) is 2.14. The van der Waals surface area contributed by atoms with E-state index in [1.165, 1.54) is 13.2 Å². The van der Waals surface area contributed by atoms with Crippen molar-refractivity contribution >= 4 is 11.9 Å². The third-order valence-electron chi connectivity index (χ3n) is 1.68. The van der Waals surface area contributed by atoms with Gasteiger partial charge >= 0.3 is 11.9 Å². The van der Waals surface area contributed by atoms with Crippen LogP contribution in [0.25, 0.3) is 0 Å². The Kier molecular flexibility index (Phi) is 4.63. The van der Waals surface area contributed by atoms with Gasteiger partial charge in [-0.15, -0.1) is 5.73 Å². The fourth-order valence-electron chi connectivity index (χ4n) is 0.919. The number of nitrogens with two attached hydrogens (primary N) is 1. The maximum atomic E-state index is 11.2. The van der Waals surface area contributed by atoms with Crippen LogP contribution in [0.4, 0.5) is 0 Å². The molecule has 0 saturated carbocycles. The molecule has 1 unspecified atom stereocenters. The molecular weight excluding hydrogens is 186 g/mol. The van der Waals surface area contributed by atoms with Crippen LogP contribution in [0, 0.1) is 0 Å². The second-order valence-electron chi connectivity index (χ2n) is 2.77. The van der Waals surface area contributed by atoms with Crippen molar-refractivity contribution in [2.45, 2.75) is 18.4 Å². The Labute approximate surface area is 81.9 Å². The second kappa shape index (κ2) is 5.21. The van der Waals surface area contributed by atoms with Crippen molar-refractivity contribution < 1.29 is 19.4 Å². The van der Waals surface area contributed by atoms with Crippen LogP contribution in [0.3, 0.4) is 0 Å². The van der Waals surface area contributed by atoms with Gasteiger partial charge < -0.3 is 15.6 Å². The number of esters is 1. The topological polar surface area (TPSA) is 89.6 Å². The van der Waals surface area contributed by atoms with E-state index in [4.69, 9.17) is 10.8 Å². The number of ether oxygens (including phenoxy) is 1. The number of methoxy groups -OCH3 is 1. The lowest BCUT2D eigenvalue weighted by Gasteiger charge is -2.20. The van der Waals surface area contributed by atoms with E-state index in [0.29, 0.717) is 0 Å². The SMILES string of the molecule is C=C=CC(N)(CCC(=O)O)C(=O)OC. The van der Waals surface area contributed by atoms with E-state index in [2.05, 4.69) is 17.0 Å². The highest BCUT2D eigenvalue weighted by molar-refractivity contribution is 5.83. The van der Waals surface area contributed by atoms with E-state index in [9.17, 15) is 9.59 Å². The maximum Gasteiger partial charge on any atom is 0.330 e. The Bertz CT molecular complexity index is 281. The van der Waals surface area contributed by atoms with Crippen molar-refractivity contribution in [1.82, 2.24) is 0 Å². The van der Waals surface area contributed by atoms with Crippen molar-refractivity contribution in [3.05, 3.63) is 18.4 Å². The molecule has 0 aliphatic heterocycles. The van der Waals surface area contributed by atoms with E-state index < -0.39 is 17.5 Å². The molecule has 78 valence electrons. The minimum Gasteiger partial charge on any atom is -0.481 e. The summed E-state index contributed by atoms with van der Waals surface area (Å²) in [5.41, 5.74) is 6.52. The maximum absolute atomic E-state index is 11.2. The molecule has 0 rings (SSSR count). The molecule has 0 fully saturated rings. The van der Waals surface area contributed by atoms with Gasteiger partial charge in [0, 0.05) is 6.42 Å². The summed E-state index contributed by atoms with van der Waals surface area (Å²) in [5, 5.41) is 8.44. The Balaban J connectivity index is 4.63. The van der Waals surface area contributed by atoms with E-state index in [1.807, 2.05) is 0 Å². The lowest BCUT2D eigenvalue weighted by molar-refractivity contribution is -0.146. The number of carbonyl (C=O) groups excluding carboxylic acids is 1. The standard InChI is InChI=1S/C9H13NO4/c1-3-5-9(10,8(13)14-2)6-4-7(11)12/h5H,1,4,6,10H2,2H3,(H,11,12). The van der Waals surface area contributed by atoms with Gasteiger partial charge in [0.05, 0.1) is 7.11 Å². The highest BCUT2D eigenvalue weighted by atomic mass is 16.5. The van der Waals surface area contributed by atoms with Crippen molar-refractivity contribution in [3.8, 4) is 0 Å². The van der Waals surface area contributed by atoms with Gasteiger partial charge in [-0.05, 0) is 12.5 Å². The first-order chi connectivity index (χ1) is 6.46. The molecule has 1 atom stereocenters. The van der Waals surface area contributed by atoms with Crippen molar-refractivity contribution in [1.29, 1.82) is 0 Å². The molecule has 0 aromatic carbocycles. The van der Waals surface area contributed by atoms with Crippen LogP contribution in [0.15, 0.2) is 18.4 Å². The first-order valence-corrected chi connectivity index (χ1v) is 3.92. The lowest BCUT2D eigenvalue weighted by Crippen LogP contribution is -2.47. The smallest absolute Gasteiger partial charge is 0.330 e. The molecule has 14 heavy (non-hydrogen) atoms. The highest BCUT2D eigenvalue weighted by Crippen LogP contribution is 2.13. The molecule has 0 radical (unpaired) electrons. The Hall–Kier alpha value is -1.58. The number of rotatable bonds is 5. The molecule has 0 spiro atoms. The van der Waals surface area contributed by atoms with E-state index in [0.717, 1.165) is 0 Å². The van der Waals surface area contributed by atoms with Gasteiger partial charge in [-0.1, -0.05) is 6.58 Å².